The highest BCUT2D eigenvalue weighted by Crippen LogP contribution is 2.24. The van der Waals surface area contributed by atoms with Crippen molar-refractivity contribution in [2.24, 2.45) is 0 Å². The van der Waals surface area contributed by atoms with Gasteiger partial charge in [-0.05, 0) is 25.5 Å². The van der Waals surface area contributed by atoms with Gasteiger partial charge in [-0.25, -0.2) is 9.59 Å². The van der Waals surface area contributed by atoms with Gasteiger partial charge in [0.1, 0.15) is 5.75 Å². The van der Waals surface area contributed by atoms with Crippen LogP contribution < -0.4 is 10.2 Å². The molecule has 0 aliphatic heterocycles. The molecule has 0 radical (unpaired) electrons. The summed E-state index contributed by atoms with van der Waals surface area (Å²) in [5.74, 6) is -1.26. The number of aromatic hydroxyl groups is 1. The summed E-state index contributed by atoms with van der Waals surface area (Å²) in [7, 11) is 0. The minimum absolute atomic E-state index is 0.0423. The largest absolute Gasteiger partial charge is 0.508 e. The van der Waals surface area contributed by atoms with Crippen LogP contribution in [-0.2, 0) is 4.79 Å². The number of aliphatic carboxylic acids is 1. The number of aliphatic hydroxyl groups is 1. The topological polar surface area (TPSA) is 110 Å². The number of carbonyl (C=O) groups excluding carboxylic acids is 1. The smallest absolute Gasteiger partial charge is 0.332 e. The van der Waals surface area contributed by atoms with Crippen molar-refractivity contribution in [3.63, 3.8) is 0 Å². The molecule has 4 N–H and O–H groups in total. The number of carboxylic acid groups (broad SMARTS) is 1. The van der Waals surface area contributed by atoms with Crippen molar-refractivity contribution in [1.82, 2.24) is 5.32 Å². The number of nitrogens with one attached hydrogen (secondary N) is 1. The first-order valence-electron chi connectivity index (χ1n) is 6.62. The number of carboxylic acids is 1. The van der Waals surface area contributed by atoms with Gasteiger partial charge >= 0.3 is 12.0 Å². The van der Waals surface area contributed by atoms with E-state index in [2.05, 4.69) is 5.32 Å². The van der Waals surface area contributed by atoms with E-state index in [9.17, 15) is 14.7 Å². The van der Waals surface area contributed by atoms with Gasteiger partial charge in [0.05, 0.1) is 5.69 Å². The highest BCUT2D eigenvalue weighted by molar-refractivity contribution is 5.93. The lowest BCUT2D eigenvalue weighted by Crippen LogP contribution is -2.41. The van der Waals surface area contributed by atoms with Gasteiger partial charge < -0.3 is 20.6 Å². The molecule has 0 fully saturated rings. The molecule has 0 aliphatic carbocycles. The van der Waals surface area contributed by atoms with Crippen LogP contribution in [0.5, 0.6) is 5.75 Å². The number of anilines is 1. The molecule has 1 rings (SSSR count). The zero-order valence-corrected chi connectivity index (χ0v) is 12.0. The van der Waals surface area contributed by atoms with Crippen molar-refractivity contribution in [2.45, 2.75) is 26.4 Å². The number of urea groups is 1. The minimum atomic E-state index is -1.50. The Bertz CT molecular complexity index is 518. The summed E-state index contributed by atoms with van der Waals surface area (Å²) < 4.78 is 0. The van der Waals surface area contributed by atoms with Crippen LogP contribution >= 0.6 is 0 Å². The summed E-state index contributed by atoms with van der Waals surface area (Å²) in [5, 5.41) is 29.7. The van der Waals surface area contributed by atoms with Crippen LogP contribution in [0.25, 0.3) is 0 Å². The Balaban J connectivity index is 2.69. The average molecular weight is 296 g/mol. The van der Waals surface area contributed by atoms with Crippen molar-refractivity contribution in [1.29, 1.82) is 0 Å². The van der Waals surface area contributed by atoms with Crippen molar-refractivity contribution in [3.05, 3.63) is 23.8 Å². The van der Waals surface area contributed by atoms with Crippen LogP contribution in [0.15, 0.2) is 18.2 Å². The number of phenolic OH excluding ortho intramolecular Hbond substituents is 1. The molecule has 2 amide bonds. The second kappa shape index (κ2) is 7.49. The number of nitrogens with zero attached hydrogens (tertiary/aromatic N) is 1. The first-order valence-corrected chi connectivity index (χ1v) is 6.62. The van der Waals surface area contributed by atoms with E-state index in [-0.39, 0.29) is 18.7 Å². The summed E-state index contributed by atoms with van der Waals surface area (Å²) in [5.41, 5.74) is 1.41. The predicted octanol–water partition coefficient (Wildman–Crippen LogP) is 1.07. The number of phenols is 1. The molecule has 0 aliphatic rings. The molecule has 1 aromatic rings. The monoisotopic (exact) mass is 296 g/mol. The maximum absolute atomic E-state index is 12.1. The third kappa shape index (κ3) is 4.64. The van der Waals surface area contributed by atoms with E-state index in [4.69, 9.17) is 10.2 Å². The Morgan fingerprint density at radius 1 is 1.38 bits per heavy atom. The lowest BCUT2D eigenvalue weighted by molar-refractivity contribution is -0.146. The van der Waals surface area contributed by atoms with Gasteiger partial charge in [-0.15, -0.1) is 0 Å². The molecule has 0 spiro atoms. The van der Waals surface area contributed by atoms with E-state index in [1.54, 1.807) is 13.0 Å². The molecular weight excluding hydrogens is 276 g/mol. The molecule has 1 aromatic carbocycles. The molecule has 0 aromatic heterocycles. The molecule has 7 heteroatoms. The Hall–Kier alpha value is -2.28. The minimum Gasteiger partial charge on any atom is -0.508 e. The predicted molar refractivity (Wildman–Crippen MR) is 77.5 cm³/mol. The van der Waals surface area contributed by atoms with E-state index < -0.39 is 18.1 Å². The van der Waals surface area contributed by atoms with Gasteiger partial charge in [0.15, 0.2) is 6.10 Å². The number of aliphatic hydroxyl groups excluding tert-OH is 1. The molecule has 1 unspecified atom stereocenters. The second-order valence-electron chi connectivity index (χ2n) is 4.59. The SMILES string of the molecule is CCN(C(=O)NCCC(O)C(=O)O)c1cc(O)ccc1C. The quantitative estimate of drug-likeness (QED) is 0.627. The fourth-order valence-electron chi connectivity index (χ4n) is 1.85. The number of amides is 2. The van der Waals surface area contributed by atoms with Gasteiger partial charge in [-0.2, -0.15) is 0 Å². The Kier molecular flexibility index (Phi) is 5.98. The number of hydrogen-bond acceptors (Lipinski definition) is 4. The van der Waals surface area contributed by atoms with Crippen molar-refractivity contribution >= 4 is 17.7 Å². The maximum Gasteiger partial charge on any atom is 0.332 e. The van der Waals surface area contributed by atoms with E-state index in [0.29, 0.717) is 12.2 Å². The van der Waals surface area contributed by atoms with Crippen LogP contribution in [0.4, 0.5) is 10.5 Å². The zero-order valence-electron chi connectivity index (χ0n) is 12.0. The highest BCUT2D eigenvalue weighted by Gasteiger charge is 2.18. The molecule has 7 nitrogen and oxygen atoms in total. The van der Waals surface area contributed by atoms with Gasteiger partial charge in [-0.3, -0.25) is 4.90 Å². The third-order valence-corrected chi connectivity index (χ3v) is 3.02. The number of carbonyl (C=O) groups is 2. The van der Waals surface area contributed by atoms with Gasteiger partial charge in [0, 0.05) is 25.6 Å². The third-order valence-electron chi connectivity index (χ3n) is 3.02. The molecule has 116 valence electrons. The summed E-state index contributed by atoms with van der Waals surface area (Å²) in [6, 6.07) is 4.32. The van der Waals surface area contributed by atoms with Crippen LogP contribution in [0, 0.1) is 6.92 Å². The summed E-state index contributed by atoms with van der Waals surface area (Å²) >= 11 is 0. The van der Waals surface area contributed by atoms with E-state index in [1.165, 1.54) is 17.0 Å². The molecule has 1 atom stereocenters. The van der Waals surface area contributed by atoms with Gasteiger partial charge in [-0.1, -0.05) is 6.07 Å². The van der Waals surface area contributed by atoms with E-state index in [1.807, 2.05) is 6.92 Å². The zero-order chi connectivity index (χ0) is 16.0. The molecular formula is C14H20N2O5. The average Bonchev–Trinajstić information content (AvgIpc) is 2.43. The fourth-order valence-corrected chi connectivity index (χ4v) is 1.85. The van der Waals surface area contributed by atoms with Crippen molar-refractivity contribution < 1.29 is 24.9 Å². The first kappa shape index (κ1) is 16.8. The molecule has 0 bridgehead atoms. The summed E-state index contributed by atoms with van der Waals surface area (Å²) in [4.78, 5) is 24.0. The maximum atomic E-state index is 12.1. The Morgan fingerprint density at radius 3 is 2.62 bits per heavy atom. The van der Waals surface area contributed by atoms with Crippen molar-refractivity contribution in [2.75, 3.05) is 18.0 Å². The van der Waals surface area contributed by atoms with Crippen molar-refractivity contribution in [3.8, 4) is 5.75 Å². The lowest BCUT2D eigenvalue weighted by Gasteiger charge is -2.23. The lowest BCUT2D eigenvalue weighted by atomic mass is 10.1. The number of benzene rings is 1. The summed E-state index contributed by atoms with van der Waals surface area (Å²) in [6.07, 6.45) is -1.57. The Labute approximate surface area is 122 Å². The van der Waals surface area contributed by atoms with Crippen LogP contribution in [0.2, 0.25) is 0 Å². The first-order chi connectivity index (χ1) is 9.86. The van der Waals surface area contributed by atoms with Crippen LogP contribution in [-0.4, -0.2) is 46.5 Å². The molecule has 0 heterocycles. The molecule has 0 saturated heterocycles. The van der Waals surface area contributed by atoms with Crippen LogP contribution in [0.1, 0.15) is 18.9 Å². The van der Waals surface area contributed by atoms with Gasteiger partial charge in [0.25, 0.3) is 0 Å². The number of hydrogen-bond donors (Lipinski definition) is 4. The fraction of sp³-hybridized carbons (Fsp3) is 0.429. The number of rotatable bonds is 6. The van der Waals surface area contributed by atoms with E-state index in [0.717, 1.165) is 5.56 Å². The molecule has 0 saturated carbocycles. The Morgan fingerprint density at radius 2 is 2.05 bits per heavy atom. The normalized spacial score (nSPS) is 11.8. The second-order valence-corrected chi connectivity index (χ2v) is 4.59. The standard InChI is InChI=1S/C14H20N2O5/c1-3-16(11-8-10(17)5-4-9(11)2)14(21)15-7-6-12(18)13(19)20/h4-5,8,12,17-18H,3,6-7H2,1-2H3,(H,15,21)(H,19,20). The number of aryl methyl sites for hydroxylation is 1. The van der Waals surface area contributed by atoms with Crippen LogP contribution in [0.3, 0.4) is 0 Å². The van der Waals surface area contributed by atoms with Gasteiger partial charge in [0.2, 0.25) is 0 Å². The van der Waals surface area contributed by atoms with E-state index >= 15 is 0 Å². The summed E-state index contributed by atoms with van der Waals surface area (Å²) in [6.45, 7) is 4.03. The highest BCUT2D eigenvalue weighted by atomic mass is 16.4. The molecule has 21 heavy (non-hydrogen) atoms.